The maximum Gasteiger partial charge on any atom is 0.529 e. The zero-order chi connectivity index (χ0) is 24.4. The van der Waals surface area contributed by atoms with E-state index in [-0.39, 0.29) is 18.1 Å². The predicted octanol–water partition coefficient (Wildman–Crippen LogP) is 0.394. The smallest absolute Gasteiger partial charge is 0.404 e. The van der Waals surface area contributed by atoms with Crippen LogP contribution in [0.4, 0.5) is 9.18 Å². The number of nitrogens with one attached hydrogen (secondary N) is 1. The lowest BCUT2D eigenvalue weighted by Gasteiger charge is -2.44. The van der Waals surface area contributed by atoms with Gasteiger partial charge in [-0.05, 0) is 18.6 Å². The van der Waals surface area contributed by atoms with Gasteiger partial charge in [-0.15, -0.1) is 0 Å². The van der Waals surface area contributed by atoms with Gasteiger partial charge < -0.3 is 24.8 Å². The van der Waals surface area contributed by atoms with E-state index in [0.717, 1.165) is 6.20 Å². The Hall–Kier alpha value is -2.08. The van der Waals surface area contributed by atoms with Crippen LogP contribution in [0.2, 0.25) is 0 Å². The van der Waals surface area contributed by atoms with Crippen molar-refractivity contribution in [3.63, 3.8) is 0 Å². The number of nitrogens with zero attached hydrogens (tertiary/aromatic N) is 1. The van der Waals surface area contributed by atoms with Crippen molar-refractivity contribution in [1.29, 1.82) is 0 Å². The fraction of sp³-hybridized carbons (Fsp3) is 0.389. The number of ether oxygens (including phenoxy) is 1. The van der Waals surface area contributed by atoms with E-state index in [0.29, 0.717) is 16.0 Å². The van der Waals surface area contributed by atoms with E-state index >= 15 is 4.39 Å². The molecule has 1 unspecified atom stereocenters. The van der Waals surface area contributed by atoms with Gasteiger partial charge in [0.25, 0.3) is 5.85 Å². The highest BCUT2D eigenvalue weighted by atomic mass is 31.2. The number of allylic oxidation sites excluding steroid dienone is 1. The van der Waals surface area contributed by atoms with Gasteiger partial charge in [0.05, 0.1) is 12.0 Å². The number of fused-ring (bicyclic) bond motifs is 1. The Morgan fingerprint density at radius 2 is 2.03 bits per heavy atom. The summed E-state index contributed by atoms with van der Waals surface area (Å²) in [4.78, 5) is 13.0. The number of phosphoric ester groups is 1. The summed E-state index contributed by atoms with van der Waals surface area (Å²) >= 11 is 0. The fourth-order valence-corrected chi connectivity index (χ4v) is 4.82. The summed E-state index contributed by atoms with van der Waals surface area (Å²) in [5.41, 5.74) is -1.57. The fourth-order valence-electron chi connectivity index (χ4n) is 3.47. The molecule has 5 atom stereocenters. The topological polar surface area (TPSA) is 127 Å². The SMILES string of the molecule is [B]C([B])(OP1(=O)OCc2ccccc2O1)[C@@]1(F)O[C@@]([B])(N2C=C(C)C(=C)NC2=O)[C@H](O)[C@@H]1O. The number of hydrogen-bond donors (Lipinski definition) is 3. The molecule has 0 spiro atoms. The summed E-state index contributed by atoms with van der Waals surface area (Å²) in [6.07, 6.45) is -3.73. The van der Waals surface area contributed by atoms with Gasteiger partial charge >= 0.3 is 13.9 Å². The molecule has 1 aromatic rings. The standard InChI is InChI=1S/C18H17B3FN2O8P/c1-9-7-24(15(27)23-10(9)2)17(19)14(26)13(25)16(22,31-17)18(20,21)32-33(28)29-8-11-5-3-4-6-12(11)30-33/h3-7,13-14,25-26H,2,8H2,1H3,(H,23,27)/t13-,14+,16-,17-,33?/m0/s1. The van der Waals surface area contributed by atoms with E-state index < -0.39 is 42.9 Å². The molecule has 168 valence electrons. The lowest BCUT2D eigenvalue weighted by atomic mass is 9.59. The summed E-state index contributed by atoms with van der Waals surface area (Å²) in [6, 6.07) is 5.40. The molecule has 1 aromatic carbocycles. The number of carbonyl (C=O) groups excluding carboxylic acids is 1. The van der Waals surface area contributed by atoms with Crippen LogP contribution in [0.25, 0.3) is 0 Å². The Morgan fingerprint density at radius 3 is 2.73 bits per heavy atom. The minimum atomic E-state index is -4.63. The van der Waals surface area contributed by atoms with E-state index in [9.17, 15) is 19.6 Å². The normalized spacial score (nSPS) is 36.6. The number of carbonyl (C=O) groups is 1. The van der Waals surface area contributed by atoms with Crippen molar-refractivity contribution in [3.05, 3.63) is 53.9 Å². The van der Waals surface area contributed by atoms with Crippen molar-refractivity contribution in [2.24, 2.45) is 0 Å². The molecule has 10 nitrogen and oxygen atoms in total. The summed E-state index contributed by atoms with van der Waals surface area (Å²) in [5, 5.41) is 20.1. The van der Waals surface area contributed by atoms with Crippen LogP contribution in [0.5, 0.6) is 5.75 Å². The molecule has 2 amide bonds. The van der Waals surface area contributed by atoms with Crippen LogP contribution in [-0.2, 0) is 25.0 Å². The first-order valence-electron chi connectivity index (χ1n) is 9.55. The minimum Gasteiger partial charge on any atom is -0.404 e. The molecule has 0 aromatic heterocycles. The molecule has 15 heteroatoms. The number of urea groups is 1. The van der Waals surface area contributed by atoms with Crippen LogP contribution in [0.15, 0.2) is 48.3 Å². The van der Waals surface area contributed by atoms with Crippen LogP contribution in [0.1, 0.15) is 12.5 Å². The van der Waals surface area contributed by atoms with Crippen molar-refractivity contribution < 1.29 is 42.3 Å². The summed E-state index contributed by atoms with van der Waals surface area (Å²) in [5.74, 6) is -3.58. The van der Waals surface area contributed by atoms with Crippen LogP contribution in [-0.4, -0.2) is 73.8 Å². The molecule has 3 heterocycles. The van der Waals surface area contributed by atoms with Gasteiger partial charge in [0.1, 0.15) is 47.1 Å². The molecule has 0 bridgehead atoms. The van der Waals surface area contributed by atoms with Crippen molar-refractivity contribution in [1.82, 2.24) is 10.2 Å². The average Bonchev–Trinajstić information content (AvgIpc) is 2.91. The molecule has 1 fully saturated rings. The Labute approximate surface area is 192 Å². The zero-order valence-corrected chi connectivity index (χ0v) is 18.2. The first-order valence-corrected chi connectivity index (χ1v) is 11.0. The van der Waals surface area contributed by atoms with E-state index in [4.69, 9.17) is 41.8 Å². The second-order valence-corrected chi connectivity index (χ2v) is 9.30. The Kier molecular flexibility index (Phi) is 5.63. The quantitative estimate of drug-likeness (QED) is 0.425. The van der Waals surface area contributed by atoms with E-state index in [1.807, 2.05) is 0 Å². The third kappa shape index (κ3) is 3.75. The first-order chi connectivity index (χ1) is 15.2. The largest absolute Gasteiger partial charge is 0.529 e. The number of para-hydroxylation sites is 1. The monoisotopic (exact) mass is 472 g/mol. The highest BCUT2D eigenvalue weighted by Crippen LogP contribution is 2.59. The van der Waals surface area contributed by atoms with Crippen LogP contribution in [0, 0.1) is 0 Å². The Balaban J connectivity index is 1.63. The molecule has 0 aliphatic carbocycles. The lowest BCUT2D eigenvalue weighted by Crippen LogP contribution is -2.62. The van der Waals surface area contributed by atoms with Gasteiger partial charge in [-0.1, -0.05) is 24.8 Å². The van der Waals surface area contributed by atoms with Gasteiger partial charge in [0.15, 0.2) is 0 Å². The highest BCUT2D eigenvalue weighted by molar-refractivity contribution is 7.49. The number of halogens is 1. The van der Waals surface area contributed by atoms with E-state index in [2.05, 4.69) is 11.9 Å². The van der Waals surface area contributed by atoms with E-state index in [1.165, 1.54) is 6.07 Å². The first kappa shape index (κ1) is 24.1. The molecule has 3 aliphatic heterocycles. The second kappa shape index (κ2) is 7.73. The highest BCUT2D eigenvalue weighted by Gasteiger charge is 2.70. The maximum absolute atomic E-state index is 16.0. The Bertz CT molecular complexity index is 1110. The number of rotatable bonds is 4. The van der Waals surface area contributed by atoms with Crippen molar-refractivity contribution in [2.75, 3.05) is 0 Å². The number of aliphatic hydroxyl groups is 2. The maximum atomic E-state index is 16.0. The summed E-state index contributed by atoms with van der Waals surface area (Å²) in [6.45, 7) is 4.91. The molecule has 0 saturated carbocycles. The van der Waals surface area contributed by atoms with Gasteiger partial charge in [0.2, 0.25) is 0 Å². The Morgan fingerprint density at radius 1 is 1.36 bits per heavy atom. The van der Waals surface area contributed by atoms with Gasteiger partial charge in [0, 0.05) is 17.5 Å². The summed E-state index contributed by atoms with van der Waals surface area (Å²) in [7, 11) is 12.8. The van der Waals surface area contributed by atoms with Crippen LogP contribution in [0.3, 0.4) is 0 Å². The molecule has 4 rings (SSSR count). The number of amides is 2. The number of aliphatic hydroxyl groups excluding tert-OH is 2. The third-order valence-electron chi connectivity index (χ3n) is 5.42. The summed E-state index contributed by atoms with van der Waals surface area (Å²) < 4.78 is 49.3. The number of phosphoric acid groups is 1. The zero-order valence-electron chi connectivity index (χ0n) is 17.3. The van der Waals surface area contributed by atoms with Crippen LogP contribution < -0.4 is 9.84 Å². The molecule has 33 heavy (non-hydrogen) atoms. The predicted molar refractivity (Wildman–Crippen MR) is 113 cm³/mol. The molecule has 3 aliphatic rings. The van der Waals surface area contributed by atoms with Gasteiger partial charge in [-0.3, -0.25) is 13.9 Å². The average molecular weight is 472 g/mol. The van der Waals surface area contributed by atoms with Crippen LogP contribution >= 0.6 is 7.82 Å². The van der Waals surface area contributed by atoms with Crippen molar-refractivity contribution in [3.8, 4) is 5.75 Å². The molecular formula is C18H17B3FN2O8P. The van der Waals surface area contributed by atoms with E-state index in [1.54, 1.807) is 25.1 Å². The molecule has 6 radical (unpaired) electrons. The van der Waals surface area contributed by atoms with Gasteiger partial charge in [-0.2, -0.15) is 0 Å². The van der Waals surface area contributed by atoms with Crippen molar-refractivity contribution in [2.45, 2.75) is 42.6 Å². The second-order valence-electron chi connectivity index (χ2n) is 7.78. The van der Waals surface area contributed by atoms with Gasteiger partial charge in [-0.25, -0.2) is 13.8 Å². The molecule has 1 saturated heterocycles. The molecule has 3 N–H and O–H groups in total. The molecular weight excluding hydrogens is 455 g/mol. The lowest BCUT2D eigenvalue weighted by molar-refractivity contribution is -0.240. The number of alkyl halides is 1. The minimum absolute atomic E-state index is 0.114. The number of benzene rings is 1. The third-order valence-corrected chi connectivity index (χ3v) is 6.82. The van der Waals surface area contributed by atoms with Crippen molar-refractivity contribution >= 4 is 37.4 Å². The number of hydrogen-bond acceptors (Lipinski definition) is 8.